The van der Waals surface area contributed by atoms with Gasteiger partial charge in [0.25, 0.3) is 0 Å². The van der Waals surface area contributed by atoms with Crippen LogP contribution in [-0.4, -0.2) is 48.9 Å². The Bertz CT molecular complexity index is 252. The quantitative estimate of drug-likeness (QED) is 0.599. The van der Waals surface area contributed by atoms with Crippen LogP contribution in [0.4, 0.5) is 0 Å². The zero-order valence-corrected chi connectivity index (χ0v) is 10.1. The molecule has 0 saturated carbocycles. The van der Waals surface area contributed by atoms with Gasteiger partial charge < -0.3 is 19.9 Å². The zero-order valence-electron chi connectivity index (χ0n) is 10.1. The first-order valence-corrected chi connectivity index (χ1v) is 5.06. The fourth-order valence-electron chi connectivity index (χ4n) is 0.994. The lowest BCUT2D eigenvalue weighted by molar-refractivity contribution is -0.160. The Morgan fingerprint density at radius 3 is 2.50 bits per heavy atom. The number of aliphatic hydroxyl groups is 1. The van der Waals surface area contributed by atoms with Crippen molar-refractivity contribution in [2.45, 2.75) is 32.4 Å². The van der Waals surface area contributed by atoms with Crippen LogP contribution in [0.25, 0.3) is 0 Å². The lowest BCUT2D eigenvalue weighted by Crippen LogP contribution is -2.49. The largest absolute Gasteiger partial charge is 0.467 e. The molecule has 0 aliphatic heterocycles. The number of methoxy groups -OCH3 is 1. The topological polar surface area (TPSA) is 84.9 Å². The predicted molar refractivity (Wildman–Crippen MR) is 56.7 cm³/mol. The maximum absolute atomic E-state index is 11.2. The van der Waals surface area contributed by atoms with Gasteiger partial charge in [-0.3, -0.25) is 4.79 Å². The number of rotatable bonds is 6. The smallest absolute Gasteiger partial charge is 0.338 e. The number of esters is 2. The summed E-state index contributed by atoms with van der Waals surface area (Å²) >= 11 is 0. The van der Waals surface area contributed by atoms with Gasteiger partial charge in [0.2, 0.25) is 0 Å². The van der Waals surface area contributed by atoms with Crippen LogP contribution in [0.3, 0.4) is 0 Å². The molecule has 2 atom stereocenters. The molecule has 0 radical (unpaired) electrons. The third-order valence-corrected chi connectivity index (χ3v) is 2.02. The number of ether oxygens (including phenoxy) is 2. The molecule has 0 heterocycles. The summed E-state index contributed by atoms with van der Waals surface area (Å²) in [6, 6.07) is -0.587. The lowest BCUT2D eigenvalue weighted by Gasteiger charge is -2.22. The first kappa shape index (κ1) is 14.9. The Labute approximate surface area is 94.9 Å². The standard InChI is InChI=1S/C10H19NO5/c1-5-16-8(12)7(2)11-6-10(3,14)9(13)15-4/h7,11,14H,5-6H2,1-4H3. The highest BCUT2D eigenvalue weighted by molar-refractivity contribution is 5.79. The van der Waals surface area contributed by atoms with E-state index >= 15 is 0 Å². The van der Waals surface area contributed by atoms with E-state index in [0.717, 1.165) is 0 Å². The highest BCUT2D eigenvalue weighted by Crippen LogP contribution is 2.04. The van der Waals surface area contributed by atoms with Crippen molar-refractivity contribution in [1.82, 2.24) is 5.32 Å². The highest BCUT2D eigenvalue weighted by Gasteiger charge is 2.32. The monoisotopic (exact) mass is 233 g/mol. The summed E-state index contributed by atoms with van der Waals surface area (Å²) in [5.41, 5.74) is -1.66. The van der Waals surface area contributed by atoms with Crippen LogP contribution in [-0.2, 0) is 19.1 Å². The Morgan fingerprint density at radius 1 is 1.50 bits per heavy atom. The molecule has 0 aromatic carbocycles. The van der Waals surface area contributed by atoms with E-state index in [1.54, 1.807) is 13.8 Å². The Morgan fingerprint density at radius 2 is 2.06 bits per heavy atom. The Hall–Kier alpha value is -1.14. The third kappa shape index (κ3) is 4.59. The van der Waals surface area contributed by atoms with Crippen LogP contribution < -0.4 is 5.32 Å². The summed E-state index contributed by atoms with van der Waals surface area (Å²) in [4.78, 5) is 22.3. The van der Waals surface area contributed by atoms with E-state index in [9.17, 15) is 14.7 Å². The van der Waals surface area contributed by atoms with E-state index in [1.165, 1.54) is 14.0 Å². The van der Waals surface area contributed by atoms with Crippen molar-refractivity contribution in [1.29, 1.82) is 0 Å². The third-order valence-electron chi connectivity index (χ3n) is 2.02. The first-order valence-electron chi connectivity index (χ1n) is 5.06. The average molecular weight is 233 g/mol. The van der Waals surface area contributed by atoms with Crippen LogP contribution in [0.15, 0.2) is 0 Å². The highest BCUT2D eigenvalue weighted by atomic mass is 16.5. The molecule has 6 heteroatoms. The van der Waals surface area contributed by atoms with Gasteiger partial charge in [-0.05, 0) is 20.8 Å². The van der Waals surface area contributed by atoms with Crippen LogP contribution in [0.1, 0.15) is 20.8 Å². The molecule has 2 unspecified atom stereocenters. The van der Waals surface area contributed by atoms with Gasteiger partial charge in [-0.15, -0.1) is 0 Å². The predicted octanol–water partition coefficient (Wildman–Crippen LogP) is -0.548. The van der Waals surface area contributed by atoms with Crippen molar-refractivity contribution in [2.75, 3.05) is 20.3 Å². The lowest BCUT2D eigenvalue weighted by atomic mass is 10.1. The molecule has 16 heavy (non-hydrogen) atoms. The number of carbonyl (C=O) groups excluding carboxylic acids is 2. The summed E-state index contributed by atoms with van der Waals surface area (Å²) < 4.78 is 9.17. The molecule has 0 fully saturated rings. The van der Waals surface area contributed by atoms with Gasteiger partial charge in [-0.2, -0.15) is 0 Å². The molecule has 6 nitrogen and oxygen atoms in total. The fourth-order valence-corrected chi connectivity index (χ4v) is 0.994. The molecule has 0 aliphatic carbocycles. The van der Waals surface area contributed by atoms with E-state index in [-0.39, 0.29) is 13.2 Å². The Balaban J connectivity index is 4.13. The molecule has 0 saturated heterocycles. The van der Waals surface area contributed by atoms with Crippen molar-refractivity contribution in [3.63, 3.8) is 0 Å². The molecule has 0 aromatic heterocycles. The van der Waals surface area contributed by atoms with Gasteiger partial charge in [0, 0.05) is 6.54 Å². The van der Waals surface area contributed by atoms with Gasteiger partial charge in [0.05, 0.1) is 13.7 Å². The average Bonchev–Trinajstić information content (AvgIpc) is 2.25. The Kier molecular flexibility index (Phi) is 5.98. The number of nitrogens with one attached hydrogen (secondary N) is 1. The van der Waals surface area contributed by atoms with Crippen LogP contribution in [0.2, 0.25) is 0 Å². The zero-order chi connectivity index (χ0) is 12.8. The summed E-state index contributed by atoms with van der Waals surface area (Å²) in [6.07, 6.45) is 0. The van der Waals surface area contributed by atoms with Crippen molar-refractivity contribution < 1.29 is 24.2 Å². The van der Waals surface area contributed by atoms with Crippen LogP contribution in [0.5, 0.6) is 0 Å². The molecular weight excluding hydrogens is 214 g/mol. The molecule has 0 rings (SSSR count). The van der Waals surface area contributed by atoms with Crippen molar-refractivity contribution in [3.8, 4) is 0 Å². The van der Waals surface area contributed by atoms with Crippen LogP contribution >= 0.6 is 0 Å². The molecule has 2 N–H and O–H groups in total. The van der Waals surface area contributed by atoms with Crippen molar-refractivity contribution in [2.24, 2.45) is 0 Å². The van der Waals surface area contributed by atoms with Crippen molar-refractivity contribution in [3.05, 3.63) is 0 Å². The maximum atomic E-state index is 11.2. The molecule has 0 aliphatic rings. The summed E-state index contributed by atoms with van der Waals surface area (Å²) in [6.45, 7) is 4.81. The fraction of sp³-hybridized carbons (Fsp3) is 0.800. The molecule has 0 aromatic rings. The second kappa shape index (κ2) is 6.44. The van der Waals surface area contributed by atoms with E-state index < -0.39 is 23.6 Å². The van der Waals surface area contributed by atoms with E-state index in [0.29, 0.717) is 0 Å². The van der Waals surface area contributed by atoms with Crippen LogP contribution in [0, 0.1) is 0 Å². The SMILES string of the molecule is CCOC(=O)C(C)NCC(C)(O)C(=O)OC. The van der Waals surface area contributed by atoms with Gasteiger partial charge in [-0.1, -0.05) is 0 Å². The second-order valence-corrected chi connectivity index (χ2v) is 3.62. The molecule has 0 amide bonds. The van der Waals surface area contributed by atoms with E-state index in [4.69, 9.17) is 4.74 Å². The van der Waals surface area contributed by atoms with Gasteiger partial charge in [0.15, 0.2) is 5.60 Å². The number of carbonyl (C=O) groups is 2. The maximum Gasteiger partial charge on any atom is 0.338 e. The second-order valence-electron chi connectivity index (χ2n) is 3.62. The number of hydrogen-bond acceptors (Lipinski definition) is 6. The van der Waals surface area contributed by atoms with E-state index in [2.05, 4.69) is 10.1 Å². The normalized spacial score (nSPS) is 16.1. The molecule has 0 spiro atoms. The summed E-state index contributed by atoms with van der Waals surface area (Å²) in [7, 11) is 1.19. The molecule has 0 bridgehead atoms. The van der Waals surface area contributed by atoms with Crippen molar-refractivity contribution >= 4 is 11.9 Å². The van der Waals surface area contributed by atoms with E-state index in [1.807, 2.05) is 0 Å². The van der Waals surface area contributed by atoms with Gasteiger partial charge in [0.1, 0.15) is 6.04 Å². The summed E-state index contributed by atoms with van der Waals surface area (Å²) in [5, 5.41) is 12.4. The minimum absolute atomic E-state index is 0.0837. The molecule has 94 valence electrons. The number of hydrogen-bond donors (Lipinski definition) is 2. The minimum Gasteiger partial charge on any atom is -0.467 e. The first-order chi connectivity index (χ1) is 7.35. The minimum atomic E-state index is -1.66. The van der Waals surface area contributed by atoms with Gasteiger partial charge in [-0.25, -0.2) is 4.79 Å². The molecular formula is C10H19NO5. The van der Waals surface area contributed by atoms with Gasteiger partial charge >= 0.3 is 11.9 Å². The summed E-state index contributed by atoms with van der Waals surface area (Å²) in [5.74, 6) is -1.18.